The van der Waals surface area contributed by atoms with Crippen molar-refractivity contribution < 1.29 is 8.42 Å². The minimum Gasteiger partial charge on any atom is -0.200 e. The molecule has 1 fully saturated rings. The standard InChI is InChI=1S/C19H32N2O2S/c1-15(2)20-24(22,23)21-12-10-17(11-13-21)14-16-6-8-18(9-7-16)19(3,4)5/h6-9,15,17,20H,10-14H2,1-5H3. The molecule has 1 aromatic rings. The van der Waals surface area contributed by atoms with E-state index in [-0.39, 0.29) is 11.5 Å². The van der Waals surface area contributed by atoms with Crippen LogP contribution in [-0.4, -0.2) is 31.9 Å². The maximum absolute atomic E-state index is 12.2. The molecule has 4 nitrogen and oxygen atoms in total. The van der Waals surface area contributed by atoms with Gasteiger partial charge in [0.25, 0.3) is 10.2 Å². The highest BCUT2D eigenvalue weighted by atomic mass is 32.2. The Morgan fingerprint density at radius 2 is 1.67 bits per heavy atom. The van der Waals surface area contributed by atoms with Gasteiger partial charge in [-0.25, -0.2) is 0 Å². The Morgan fingerprint density at radius 1 is 1.12 bits per heavy atom. The molecule has 0 bridgehead atoms. The van der Waals surface area contributed by atoms with Crippen LogP contribution < -0.4 is 4.72 Å². The van der Waals surface area contributed by atoms with E-state index in [4.69, 9.17) is 0 Å². The van der Waals surface area contributed by atoms with Crippen LogP contribution in [-0.2, 0) is 22.0 Å². The van der Waals surface area contributed by atoms with Crippen molar-refractivity contribution in [3.63, 3.8) is 0 Å². The van der Waals surface area contributed by atoms with Crippen LogP contribution >= 0.6 is 0 Å². The number of hydrogen-bond donors (Lipinski definition) is 1. The van der Waals surface area contributed by atoms with Gasteiger partial charge in [0.1, 0.15) is 0 Å². The van der Waals surface area contributed by atoms with Crippen molar-refractivity contribution in [3.05, 3.63) is 35.4 Å². The Hall–Kier alpha value is -0.910. The molecule has 0 amide bonds. The molecule has 1 aliphatic rings. The summed E-state index contributed by atoms with van der Waals surface area (Å²) in [6, 6.07) is 8.84. The van der Waals surface area contributed by atoms with Crippen molar-refractivity contribution >= 4 is 10.2 Å². The normalized spacial score (nSPS) is 18.2. The molecule has 0 spiro atoms. The summed E-state index contributed by atoms with van der Waals surface area (Å²) in [6.07, 6.45) is 2.90. The van der Waals surface area contributed by atoms with Crippen molar-refractivity contribution in [1.82, 2.24) is 9.03 Å². The third kappa shape index (κ3) is 5.30. The van der Waals surface area contributed by atoms with E-state index in [1.807, 2.05) is 13.8 Å². The summed E-state index contributed by atoms with van der Waals surface area (Å²) in [7, 11) is -3.32. The molecule has 136 valence electrons. The fourth-order valence-corrected chi connectivity index (χ4v) is 4.64. The van der Waals surface area contributed by atoms with Gasteiger partial charge in [-0.3, -0.25) is 0 Å². The molecule has 1 N–H and O–H groups in total. The van der Waals surface area contributed by atoms with E-state index in [1.165, 1.54) is 11.1 Å². The highest BCUT2D eigenvalue weighted by Gasteiger charge is 2.28. The molecule has 1 aromatic carbocycles. The van der Waals surface area contributed by atoms with E-state index in [1.54, 1.807) is 4.31 Å². The summed E-state index contributed by atoms with van der Waals surface area (Å²) in [4.78, 5) is 0. The van der Waals surface area contributed by atoms with Gasteiger partial charge in [-0.2, -0.15) is 17.4 Å². The van der Waals surface area contributed by atoms with Crippen LogP contribution in [0.15, 0.2) is 24.3 Å². The second-order valence-corrected chi connectivity index (χ2v) is 9.97. The third-order valence-electron chi connectivity index (χ3n) is 4.64. The molecule has 0 radical (unpaired) electrons. The lowest BCUT2D eigenvalue weighted by Gasteiger charge is -2.31. The summed E-state index contributed by atoms with van der Waals surface area (Å²) in [5, 5.41) is 0. The smallest absolute Gasteiger partial charge is 0.200 e. The fourth-order valence-electron chi connectivity index (χ4n) is 3.20. The van der Waals surface area contributed by atoms with Crippen LogP contribution in [0.3, 0.4) is 0 Å². The summed E-state index contributed by atoms with van der Waals surface area (Å²) in [5.74, 6) is 0.566. The van der Waals surface area contributed by atoms with Gasteiger partial charge in [0.05, 0.1) is 0 Å². The number of rotatable bonds is 5. The largest absolute Gasteiger partial charge is 0.279 e. The Morgan fingerprint density at radius 3 is 2.12 bits per heavy atom. The lowest BCUT2D eigenvalue weighted by molar-refractivity contribution is 0.269. The maximum atomic E-state index is 12.2. The van der Waals surface area contributed by atoms with E-state index in [0.717, 1.165) is 19.3 Å². The van der Waals surface area contributed by atoms with Gasteiger partial charge in [0, 0.05) is 19.1 Å². The zero-order valence-corrected chi connectivity index (χ0v) is 16.5. The molecule has 5 heteroatoms. The molecule has 1 heterocycles. The summed E-state index contributed by atoms with van der Waals surface area (Å²) in [5.41, 5.74) is 2.89. The van der Waals surface area contributed by atoms with Gasteiger partial charge < -0.3 is 0 Å². The van der Waals surface area contributed by atoms with Gasteiger partial charge in [0.2, 0.25) is 0 Å². The van der Waals surface area contributed by atoms with Gasteiger partial charge in [-0.05, 0) is 55.6 Å². The van der Waals surface area contributed by atoms with Gasteiger partial charge in [-0.15, -0.1) is 0 Å². The molecule has 24 heavy (non-hydrogen) atoms. The number of nitrogens with zero attached hydrogens (tertiary/aromatic N) is 1. The average molecular weight is 353 g/mol. The fraction of sp³-hybridized carbons (Fsp3) is 0.684. The van der Waals surface area contributed by atoms with Gasteiger partial charge in [0.15, 0.2) is 0 Å². The summed E-state index contributed by atoms with van der Waals surface area (Å²) < 4.78 is 28.7. The average Bonchev–Trinajstić information content (AvgIpc) is 2.46. The topological polar surface area (TPSA) is 49.4 Å². The van der Waals surface area contributed by atoms with Crippen molar-refractivity contribution in [3.8, 4) is 0 Å². The number of benzene rings is 1. The molecular weight excluding hydrogens is 320 g/mol. The molecule has 0 saturated carbocycles. The zero-order chi connectivity index (χ0) is 18.0. The summed E-state index contributed by atoms with van der Waals surface area (Å²) in [6.45, 7) is 11.6. The first kappa shape index (κ1) is 19.4. The second kappa shape index (κ2) is 7.54. The first-order valence-electron chi connectivity index (χ1n) is 8.95. The second-order valence-electron chi connectivity index (χ2n) is 8.27. The number of hydrogen-bond acceptors (Lipinski definition) is 2. The van der Waals surface area contributed by atoms with E-state index < -0.39 is 10.2 Å². The summed E-state index contributed by atoms with van der Waals surface area (Å²) >= 11 is 0. The molecule has 1 saturated heterocycles. The lowest BCUT2D eigenvalue weighted by atomic mass is 9.85. The van der Waals surface area contributed by atoms with Gasteiger partial charge >= 0.3 is 0 Å². The number of nitrogens with one attached hydrogen (secondary N) is 1. The predicted molar refractivity (Wildman–Crippen MR) is 100 cm³/mol. The Labute approximate surface area is 147 Å². The first-order valence-corrected chi connectivity index (χ1v) is 10.4. The lowest BCUT2D eigenvalue weighted by Crippen LogP contribution is -2.47. The van der Waals surface area contributed by atoms with Crippen LogP contribution in [0.1, 0.15) is 58.6 Å². The quantitative estimate of drug-likeness (QED) is 0.882. The van der Waals surface area contributed by atoms with Gasteiger partial charge in [-0.1, -0.05) is 45.0 Å². The van der Waals surface area contributed by atoms with Crippen LogP contribution in [0.4, 0.5) is 0 Å². The Bertz CT molecular complexity index is 622. The third-order valence-corrected chi connectivity index (χ3v) is 6.46. The van der Waals surface area contributed by atoms with Crippen LogP contribution in [0.2, 0.25) is 0 Å². The molecule has 0 aliphatic carbocycles. The minimum absolute atomic E-state index is 0.0611. The molecule has 0 aromatic heterocycles. The van der Waals surface area contributed by atoms with Crippen molar-refractivity contribution in [1.29, 1.82) is 0 Å². The predicted octanol–water partition coefficient (Wildman–Crippen LogP) is 3.48. The van der Waals surface area contributed by atoms with E-state index in [2.05, 4.69) is 49.8 Å². The van der Waals surface area contributed by atoms with Crippen LogP contribution in [0.5, 0.6) is 0 Å². The Kier molecular flexibility index (Phi) is 6.10. The molecule has 1 aliphatic heterocycles. The van der Waals surface area contributed by atoms with Crippen molar-refractivity contribution in [2.45, 2.75) is 65.3 Å². The molecule has 2 rings (SSSR count). The monoisotopic (exact) mass is 352 g/mol. The van der Waals surface area contributed by atoms with Crippen LogP contribution in [0.25, 0.3) is 0 Å². The van der Waals surface area contributed by atoms with Crippen molar-refractivity contribution in [2.24, 2.45) is 5.92 Å². The minimum atomic E-state index is -3.32. The first-order chi connectivity index (χ1) is 11.1. The zero-order valence-electron chi connectivity index (χ0n) is 15.7. The maximum Gasteiger partial charge on any atom is 0.279 e. The molecule has 0 atom stereocenters. The van der Waals surface area contributed by atoms with E-state index >= 15 is 0 Å². The highest BCUT2D eigenvalue weighted by molar-refractivity contribution is 7.87. The highest BCUT2D eigenvalue weighted by Crippen LogP contribution is 2.26. The van der Waals surface area contributed by atoms with E-state index in [9.17, 15) is 8.42 Å². The Balaban J connectivity index is 1.89. The molecular formula is C19H32N2O2S. The van der Waals surface area contributed by atoms with Crippen molar-refractivity contribution in [2.75, 3.05) is 13.1 Å². The SMILES string of the molecule is CC(C)NS(=O)(=O)N1CCC(Cc2ccc(C(C)(C)C)cc2)CC1. The number of piperidine rings is 1. The van der Waals surface area contributed by atoms with Crippen LogP contribution in [0, 0.1) is 5.92 Å². The molecule has 0 unspecified atom stereocenters. The van der Waals surface area contributed by atoms with E-state index in [0.29, 0.717) is 19.0 Å².